The first-order chi connectivity index (χ1) is 7.17. The highest BCUT2D eigenvalue weighted by Gasteiger charge is 2.06. The summed E-state index contributed by atoms with van der Waals surface area (Å²) in [5.41, 5.74) is 0.461. The third-order valence-electron chi connectivity index (χ3n) is 1.70. The summed E-state index contributed by atoms with van der Waals surface area (Å²) in [7, 11) is 0. The summed E-state index contributed by atoms with van der Waals surface area (Å²) < 4.78 is 12.7. The molecule has 0 aliphatic rings. The van der Waals surface area contributed by atoms with Gasteiger partial charge in [-0.2, -0.15) is 5.26 Å². The van der Waals surface area contributed by atoms with Gasteiger partial charge in [0.15, 0.2) is 0 Å². The number of anilines is 1. The Bertz CT molecular complexity index is 414. The molecule has 1 aromatic rings. The lowest BCUT2D eigenvalue weighted by Gasteiger charge is -2.05. The van der Waals surface area contributed by atoms with Crippen LogP contribution in [0.5, 0.6) is 0 Å². The van der Waals surface area contributed by atoms with Crippen molar-refractivity contribution in [2.45, 2.75) is 6.42 Å². The second-order valence-electron chi connectivity index (χ2n) is 2.79. The van der Waals surface area contributed by atoms with Crippen LogP contribution >= 0.6 is 15.9 Å². The maximum absolute atomic E-state index is 12.7. The highest BCUT2D eigenvalue weighted by molar-refractivity contribution is 9.09. The number of hydrogen-bond donors (Lipinski definition) is 1. The lowest BCUT2D eigenvalue weighted by molar-refractivity contribution is -0.115. The molecule has 0 aromatic heterocycles. The second-order valence-corrected chi connectivity index (χ2v) is 3.58. The highest BCUT2D eigenvalue weighted by Crippen LogP contribution is 2.16. The van der Waals surface area contributed by atoms with Crippen LogP contribution in [-0.4, -0.2) is 11.2 Å². The van der Waals surface area contributed by atoms with Crippen molar-refractivity contribution in [3.63, 3.8) is 0 Å². The van der Waals surface area contributed by atoms with E-state index in [1.54, 1.807) is 0 Å². The van der Waals surface area contributed by atoms with Gasteiger partial charge < -0.3 is 5.32 Å². The smallest absolute Gasteiger partial charge is 0.225 e. The number of halogens is 2. The molecule has 1 aromatic carbocycles. The fourth-order valence-electron chi connectivity index (χ4n) is 1.02. The Morgan fingerprint density at radius 1 is 1.60 bits per heavy atom. The van der Waals surface area contributed by atoms with Gasteiger partial charge in [-0.15, -0.1) is 0 Å². The third kappa shape index (κ3) is 3.33. The summed E-state index contributed by atoms with van der Waals surface area (Å²) in [6.45, 7) is 0. The SMILES string of the molecule is N#Cc1cc(F)ccc1NC(=O)CCBr. The summed E-state index contributed by atoms with van der Waals surface area (Å²) in [5.74, 6) is -0.708. The molecule has 1 rings (SSSR count). The fraction of sp³-hybridized carbons (Fsp3) is 0.200. The van der Waals surface area contributed by atoms with Crippen molar-refractivity contribution < 1.29 is 9.18 Å². The standard InChI is InChI=1S/C10H8BrFN2O/c11-4-3-10(15)14-9-2-1-8(12)5-7(9)6-13/h1-2,5H,3-4H2,(H,14,15). The van der Waals surface area contributed by atoms with E-state index in [1.807, 2.05) is 6.07 Å². The third-order valence-corrected chi connectivity index (χ3v) is 2.09. The van der Waals surface area contributed by atoms with Crippen molar-refractivity contribution in [3.05, 3.63) is 29.6 Å². The van der Waals surface area contributed by atoms with E-state index in [-0.39, 0.29) is 11.5 Å². The van der Waals surface area contributed by atoms with Crippen LogP contribution in [0.15, 0.2) is 18.2 Å². The predicted molar refractivity (Wildman–Crippen MR) is 58.2 cm³/mol. The normalized spacial score (nSPS) is 9.40. The van der Waals surface area contributed by atoms with Crippen LogP contribution in [0.1, 0.15) is 12.0 Å². The largest absolute Gasteiger partial charge is 0.325 e. The number of amides is 1. The summed E-state index contributed by atoms with van der Waals surface area (Å²) in [6, 6.07) is 5.48. The van der Waals surface area contributed by atoms with Gasteiger partial charge in [-0.05, 0) is 18.2 Å². The number of nitrogens with one attached hydrogen (secondary N) is 1. The molecule has 15 heavy (non-hydrogen) atoms. The van der Waals surface area contributed by atoms with Gasteiger partial charge in [0.2, 0.25) is 5.91 Å². The number of nitriles is 1. The van der Waals surface area contributed by atoms with E-state index in [1.165, 1.54) is 12.1 Å². The first kappa shape index (κ1) is 11.7. The molecule has 0 bridgehead atoms. The van der Waals surface area contributed by atoms with Gasteiger partial charge in [0.05, 0.1) is 11.3 Å². The molecular formula is C10H8BrFN2O. The Hall–Kier alpha value is -1.41. The number of carbonyl (C=O) groups is 1. The Kier molecular flexibility index (Phi) is 4.25. The van der Waals surface area contributed by atoms with E-state index >= 15 is 0 Å². The lowest BCUT2D eigenvalue weighted by atomic mass is 10.2. The number of carbonyl (C=O) groups excluding carboxylic acids is 1. The zero-order valence-electron chi connectivity index (χ0n) is 7.76. The van der Waals surface area contributed by atoms with Crippen LogP contribution in [0.2, 0.25) is 0 Å². The number of rotatable bonds is 3. The highest BCUT2D eigenvalue weighted by atomic mass is 79.9. The fourth-order valence-corrected chi connectivity index (χ4v) is 1.38. The average Bonchev–Trinajstić information content (AvgIpc) is 2.21. The van der Waals surface area contributed by atoms with Crippen molar-refractivity contribution in [2.24, 2.45) is 0 Å². The molecule has 5 heteroatoms. The Morgan fingerprint density at radius 2 is 2.33 bits per heavy atom. The Morgan fingerprint density at radius 3 is 2.93 bits per heavy atom. The van der Waals surface area contributed by atoms with E-state index in [0.29, 0.717) is 17.4 Å². The van der Waals surface area contributed by atoms with Crippen LogP contribution in [0.4, 0.5) is 10.1 Å². The summed E-state index contributed by atoms with van der Waals surface area (Å²) >= 11 is 3.12. The first-order valence-electron chi connectivity index (χ1n) is 4.23. The van der Waals surface area contributed by atoms with Crippen LogP contribution in [0.3, 0.4) is 0 Å². The van der Waals surface area contributed by atoms with Gasteiger partial charge >= 0.3 is 0 Å². The van der Waals surface area contributed by atoms with Crippen molar-refractivity contribution in [1.82, 2.24) is 0 Å². The molecule has 0 fully saturated rings. The number of nitrogens with zero attached hydrogens (tertiary/aromatic N) is 1. The van der Waals surface area contributed by atoms with Gasteiger partial charge in [-0.3, -0.25) is 4.79 Å². The molecule has 1 N–H and O–H groups in total. The maximum Gasteiger partial charge on any atom is 0.225 e. The molecule has 0 atom stereocenters. The van der Waals surface area contributed by atoms with Gasteiger partial charge in [-0.1, -0.05) is 15.9 Å². The van der Waals surface area contributed by atoms with E-state index < -0.39 is 5.82 Å². The van der Waals surface area contributed by atoms with E-state index in [0.717, 1.165) is 6.07 Å². The predicted octanol–water partition coefficient (Wildman–Crippen LogP) is 2.42. The molecule has 1 amide bonds. The molecule has 78 valence electrons. The number of alkyl halides is 1. The Labute approximate surface area is 95.0 Å². The number of benzene rings is 1. The monoisotopic (exact) mass is 270 g/mol. The van der Waals surface area contributed by atoms with Gasteiger partial charge in [-0.25, -0.2) is 4.39 Å². The van der Waals surface area contributed by atoms with Crippen molar-refractivity contribution >= 4 is 27.5 Å². The summed E-state index contributed by atoms with van der Waals surface area (Å²) in [6.07, 6.45) is 0.308. The minimum Gasteiger partial charge on any atom is -0.325 e. The van der Waals surface area contributed by atoms with Crippen molar-refractivity contribution in [3.8, 4) is 6.07 Å². The van der Waals surface area contributed by atoms with Crippen molar-refractivity contribution in [2.75, 3.05) is 10.6 Å². The Balaban J connectivity index is 2.86. The quantitative estimate of drug-likeness (QED) is 0.858. The molecule has 0 spiro atoms. The van der Waals surface area contributed by atoms with Crippen LogP contribution in [-0.2, 0) is 4.79 Å². The summed E-state index contributed by atoms with van der Waals surface area (Å²) in [4.78, 5) is 11.2. The second kappa shape index (κ2) is 5.47. The minimum atomic E-state index is -0.495. The molecule has 0 saturated heterocycles. The molecule has 0 radical (unpaired) electrons. The van der Waals surface area contributed by atoms with Gasteiger partial charge in [0, 0.05) is 11.8 Å². The molecule has 0 saturated carbocycles. The van der Waals surface area contributed by atoms with Gasteiger partial charge in [0.25, 0.3) is 0 Å². The topological polar surface area (TPSA) is 52.9 Å². The molecule has 0 heterocycles. The lowest BCUT2D eigenvalue weighted by Crippen LogP contribution is -2.12. The van der Waals surface area contributed by atoms with E-state index in [2.05, 4.69) is 21.2 Å². The molecule has 0 aliphatic carbocycles. The average molecular weight is 271 g/mol. The van der Waals surface area contributed by atoms with E-state index in [4.69, 9.17) is 5.26 Å². The van der Waals surface area contributed by atoms with Crippen molar-refractivity contribution in [1.29, 1.82) is 5.26 Å². The minimum absolute atomic E-state index is 0.123. The molecule has 0 unspecified atom stereocenters. The van der Waals surface area contributed by atoms with Crippen LogP contribution in [0, 0.1) is 17.1 Å². The molecular weight excluding hydrogens is 263 g/mol. The van der Waals surface area contributed by atoms with Crippen LogP contribution < -0.4 is 5.32 Å². The molecule has 3 nitrogen and oxygen atoms in total. The van der Waals surface area contributed by atoms with E-state index in [9.17, 15) is 9.18 Å². The zero-order valence-corrected chi connectivity index (χ0v) is 9.34. The summed E-state index contributed by atoms with van der Waals surface area (Å²) in [5, 5.41) is 11.8. The molecule has 0 aliphatic heterocycles. The number of hydrogen-bond acceptors (Lipinski definition) is 2. The first-order valence-corrected chi connectivity index (χ1v) is 5.35. The zero-order chi connectivity index (χ0) is 11.3. The maximum atomic E-state index is 12.7. The van der Waals surface area contributed by atoms with Gasteiger partial charge in [0.1, 0.15) is 11.9 Å². The van der Waals surface area contributed by atoms with Crippen LogP contribution in [0.25, 0.3) is 0 Å².